The summed E-state index contributed by atoms with van der Waals surface area (Å²) in [7, 11) is 0. The molecule has 0 aliphatic rings. The van der Waals surface area contributed by atoms with Crippen LogP contribution in [0.25, 0.3) is 0 Å². The summed E-state index contributed by atoms with van der Waals surface area (Å²) in [5.41, 5.74) is -0.0799. The van der Waals surface area contributed by atoms with Crippen molar-refractivity contribution in [2.45, 2.75) is 97.0 Å². The van der Waals surface area contributed by atoms with Gasteiger partial charge in [-0.1, -0.05) is 77.6 Å². The molecule has 0 aromatic heterocycles. The summed E-state index contributed by atoms with van der Waals surface area (Å²) in [6, 6.07) is 5.22. The molecule has 0 bridgehead atoms. The predicted molar refractivity (Wildman–Crippen MR) is 132 cm³/mol. The van der Waals surface area contributed by atoms with Crippen molar-refractivity contribution in [1.82, 2.24) is 0 Å². The van der Waals surface area contributed by atoms with Crippen LogP contribution in [0, 0.1) is 10.1 Å². The highest BCUT2D eigenvalue weighted by Gasteiger charge is 2.15. The average molecular weight is 482 g/mol. The maximum absolute atomic E-state index is 11.9. The number of nitro benzene ring substituents is 1. The number of non-ortho nitro benzene ring substituents is 1. The Morgan fingerprint density at radius 2 is 1.41 bits per heavy atom. The number of nitro groups is 1. The molecule has 0 aliphatic carbocycles. The first-order chi connectivity index (χ1) is 16.6. The second kappa shape index (κ2) is 20.2. The Bertz CT molecular complexity index is 651. The number of ether oxygens (including phenoxy) is 4. The van der Waals surface area contributed by atoms with Crippen LogP contribution in [0.5, 0.6) is 5.75 Å². The lowest BCUT2D eigenvalue weighted by molar-refractivity contribution is -0.384. The zero-order valence-electron chi connectivity index (χ0n) is 21.0. The third-order valence-corrected chi connectivity index (χ3v) is 5.50. The molecular weight excluding hydrogens is 438 g/mol. The third-order valence-electron chi connectivity index (χ3n) is 5.50. The van der Waals surface area contributed by atoms with Gasteiger partial charge in [0, 0.05) is 25.3 Å². The van der Waals surface area contributed by atoms with Gasteiger partial charge in [-0.25, -0.2) is 4.79 Å². The lowest BCUT2D eigenvalue weighted by Gasteiger charge is -2.17. The number of rotatable bonds is 21. The molecule has 34 heavy (non-hydrogen) atoms. The van der Waals surface area contributed by atoms with Gasteiger partial charge in [-0.3, -0.25) is 10.1 Å². The van der Waals surface area contributed by atoms with Crippen molar-refractivity contribution in [2.24, 2.45) is 0 Å². The van der Waals surface area contributed by atoms with Gasteiger partial charge in [0.25, 0.3) is 5.69 Å². The van der Waals surface area contributed by atoms with Gasteiger partial charge in [0.05, 0.1) is 11.5 Å². The Morgan fingerprint density at radius 3 is 1.94 bits per heavy atom. The average Bonchev–Trinajstić information content (AvgIpc) is 2.83. The van der Waals surface area contributed by atoms with Gasteiger partial charge in [-0.2, -0.15) is 0 Å². The monoisotopic (exact) mass is 481 g/mol. The second-order valence-corrected chi connectivity index (χ2v) is 8.46. The highest BCUT2D eigenvalue weighted by Crippen LogP contribution is 2.18. The molecule has 194 valence electrons. The van der Waals surface area contributed by atoms with Crippen molar-refractivity contribution >= 4 is 11.8 Å². The highest BCUT2D eigenvalue weighted by molar-refractivity contribution is 5.64. The number of carbonyl (C=O) groups is 1. The van der Waals surface area contributed by atoms with E-state index >= 15 is 0 Å². The Labute approximate surface area is 204 Å². The number of hydrogen-bond donors (Lipinski definition) is 0. The summed E-state index contributed by atoms with van der Waals surface area (Å²) >= 11 is 0. The van der Waals surface area contributed by atoms with Gasteiger partial charge in [-0.15, -0.1) is 0 Å². The number of unbranched alkanes of at least 4 members (excludes halogenated alkanes) is 11. The van der Waals surface area contributed by atoms with E-state index in [1.165, 1.54) is 88.5 Å². The smallest absolute Gasteiger partial charge is 0.431 e. The number of nitrogens with zero attached hydrogens (tertiary/aromatic N) is 1. The van der Waals surface area contributed by atoms with Crippen molar-refractivity contribution < 1.29 is 28.7 Å². The van der Waals surface area contributed by atoms with E-state index in [-0.39, 0.29) is 24.1 Å². The Hall–Kier alpha value is -2.19. The molecule has 0 radical (unpaired) electrons. The molecule has 8 heteroatoms. The molecule has 0 amide bonds. The van der Waals surface area contributed by atoms with Crippen molar-refractivity contribution in [1.29, 1.82) is 0 Å². The largest absolute Gasteiger partial charge is 0.513 e. The van der Waals surface area contributed by atoms with Gasteiger partial charge in [0.15, 0.2) is 0 Å². The fraction of sp³-hybridized carbons (Fsp3) is 0.731. The molecule has 0 unspecified atom stereocenters. The van der Waals surface area contributed by atoms with Crippen LogP contribution in [0.2, 0.25) is 0 Å². The molecule has 0 saturated heterocycles. The summed E-state index contributed by atoms with van der Waals surface area (Å²) in [6.07, 6.45) is 14.2. The quantitative estimate of drug-likeness (QED) is 0.0600. The SMILES string of the molecule is CCCCCCCCCCCCCCO[C@H](COCC)COC(=O)Oc1ccc([N+](=O)[O-])cc1. The predicted octanol–water partition coefficient (Wildman–Crippen LogP) is 7.23. The van der Waals surface area contributed by atoms with E-state index in [1.54, 1.807) is 0 Å². The van der Waals surface area contributed by atoms with Crippen molar-refractivity contribution in [2.75, 3.05) is 26.4 Å². The summed E-state index contributed by atoms with van der Waals surface area (Å²) in [5, 5.41) is 10.7. The minimum atomic E-state index is -0.885. The molecule has 0 heterocycles. The molecule has 1 aromatic carbocycles. The van der Waals surface area contributed by atoms with Crippen molar-refractivity contribution in [3.8, 4) is 5.75 Å². The Balaban J connectivity index is 2.13. The summed E-state index contributed by atoms with van der Waals surface area (Å²) in [5.74, 6) is 0.175. The van der Waals surface area contributed by atoms with E-state index in [9.17, 15) is 14.9 Å². The summed E-state index contributed by atoms with van der Waals surface area (Å²) in [4.78, 5) is 22.1. The number of hydrogen-bond acceptors (Lipinski definition) is 7. The second-order valence-electron chi connectivity index (χ2n) is 8.46. The molecule has 0 aliphatic heterocycles. The van der Waals surface area contributed by atoms with Crippen molar-refractivity contribution in [3.05, 3.63) is 34.4 Å². The normalized spacial score (nSPS) is 11.8. The number of carbonyl (C=O) groups excluding carboxylic acids is 1. The molecule has 0 saturated carbocycles. The fourth-order valence-electron chi connectivity index (χ4n) is 3.51. The first-order valence-electron chi connectivity index (χ1n) is 12.8. The van der Waals surface area contributed by atoms with Crippen LogP contribution in [-0.4, -0.2) is 43.6 Å². The van der Waals surface area contributed by atoms with Crippen LogP contribution < -0.4 is 4.74 Å². The minimum absolute atomic E-state index is 0.0179. The number of benzene rings is 1. The first-order valence-corrected chi connectivity index (χ1v) is 12.8. The van der Waals surface area contributed by atoms with Crippen molar-refractivity contribution in [3.63, 3.8) is 0 Å². The van der Waals surface area contributed by atoms with Crippen LogP contribution in [0.15, 0.2) is 24.3 Å². The lowest BCUT2D eigenvalue weighted by atomic mass is 10.1. The summed E-state index contributed by atoms with van der Waals surface area (Å²) < 4.78 is 21.5. The van der Waals surface area contributed by atoms with E-state index in [2.05, 4.69) is 6.92 Å². The zero-order valence-corrected chi connectivity index (χ0v) is 21.0. The van der Waals surface area contributed by atoms with Gasteiger partial charge in [0.1, 0.15) is 18.5 Å². The standard InChI is InChI=1S/C26H43NO7/c1-3-5-6-7-8-9-10-11-12-13-14-15-20-32-25(21-31-4-2)22-33-26(28)34-24-18-16-23(17-19-24)27(29)30/h16-19,25H,3-15,20-22H2,1-2H3/t25-/m1/s1. The Kier molecular flexibility index (Phi) is 17.7. The van der Waals surface area contributed by atoms with Crippen LogP contribution in [0.1, 0.15) is 90.9 Å². The van der Waals surface area contributed by atoms with Gasteiger partial charge in [0.2, 0.25) is 0 Å². The van der Waals surface area contributed by atoms with Crippen LogP contribution >= 0.6 is 0 Å². The molecule has 8 nitrogen and oxygen atoms in total. The van der Waals surface area contributed by atoms with Gasteiger partial charge < -0.3 is 18.9 Å². The van der Waals surface area contributed by atoms with Gasteiger partial charge >= 0.3 is 6.16 Å². The minimum Gasteiger partial charge on any atom is -0.431 e. The molecular formula is C26H43NO7. The molecule has 1 aromatic rings. The lowest BCUT2D eigenvalue weighted by Crippen LogP contribution is -2.28. The maximum Gasteiger partial charge on any atom is 0.513 e. The van der Waals surface area contributed by atoms with E-state index < -0.39 is 11.1 Å². The highest BCUT2D eigenvalue weighted by atomic mass is 16.7. The molecule has 1 rings (SSSR count). The summed E-state index contributed by atoms with van der Waals surface area (Å²) in [6.45, 7) is 5.64. The van der Waals surface area contributed by atoms with E-state index in [0.29, 0.717) is 19.8 Å². The molecule has 0 N–H and O–H groups in total. The van der Waals surface area contributed by atoms with E-state index in [1.807, 2.05) is 6.92 Å². The van der Waals surface area contributed by atoms with Crippen LogP contribution in [0.4, 0.5) is 10.5 Å². The molecule has 0 fully saturated rings. The Morgan fingerprint density at radius 1 is 0.853 bits per heavy atom. The topological polar surface area (TPSA) is 97.1 Å². The zero-order chi connectivity index (χ0) is 24.9. The van der Waals surface area contributed by atoms with Gasteiger partial charge in [-0.05, 0) is 25.5 Å². The van der Waals surface area contributed by atoms with E-state index in [0.717, 1.165) is 12.8 Å². The van der Waals surface area contributed by atoms with E-state index in [4.69, 9.17) is 18.9 Å². The first kappa shape index (κ1) is 29.8. The van der Waals surface area contributed by atoms with Crippen LogP contribution in [0.3, 0.4) is 0 Å². The fourth-order valence-corrected chi connectivity index (χ4v) is 3.51. The third kappa shape index (κ3) is 15.6. The molecule has 1 atom stereocenters. The molecule has 0 spiro atoms. The maximum atomic E-state index is 11.9. The van der Waals surface area contributed by atoms with Crippen LogP contribution in [-0.2, 0) is 14.2 Å².